The molecule has 1 heterocycles. The molecule has 0 fully saturated rings. The Morgan fingerprint density at radius 2 is 1.80 bits per heavy atom. The zero-order valence-corrected chi connectivity index (χ0v) is 14.3. The predicted molar refractivity (Wildman–Crippen MR) is 87.6 cm³/mol. The van der Waals surface area contributed by atoms with Crippen LogP contribution in [0.3, 0.4) is 0 Å². The van der Waals surface area contributed by atoms with Crippen molar-refractivity contribution < 1.29 is 0 Å². The quantitative estimate of drug-likeness (QED) is 0.892. The maximum Gasteiger partial charge on any atom is 0.138 e. The molecule has 1 rings (SSSR count). The van der Waals surface area contributed by atoms with Crippen molar-refractivity contribution in [3.8, 4) is 0 Å². The van der Waals surface area contributed by atoms with E-state index in [0.717, 1.165) is 23.9 Å². The normalized spacial score (nSPS) is 13.4. The Labute approximate surface area is 124 Å². The second-order valence-corrected chi connectivity index (χ2v) is 7.02. The molecule has 1 atom stereocenters. The lowest BCUT2D eigenvalue weighted by molar-refractivity contribution is 0.498. The summed E-state index contributed by atoms with van der Waals surface area (Å²) < 4.78 is 0. The van der Waals surface area contributed by atoms with Gasteiger partial charge in [0.1, 0.15) is 17.5 Å². The Morgan fingerprint density at radius 1 is 1.20 bits per heavy atom. The first-order chi connectivity index (χ1) is 9.15. The van der Waals surface area contributed by atoms with Crippen LogP contribution >= 0.6 is 0 Å². The van der Waals surface area contributed by atoms with Gasteiger partial charge in [0, 0.05) is 31.6 Å². The molecule has 0 aromatic carbocycles. The first kappa shape index (κ1) is 16.7. The molecule has 0 aliphatic rings. The van der Waals surface area contributed by atoms with E-state index in [1.165, 1.54) is 0 Å². The van der Waals surface area contributed by atoms with Crippen LogP contribution in [0.25, 0.3) is 0 Å². The highest BCUT2D eigenvalue weighted by Gasteiger charge is 2.21. The third-order valence-corrected chi connectivity index (χ3v) is 3.47. The van der Waals surface area contributed by atoms with Crippen molar-refractivity contribution in [3.05, 3.63) is 11.9 Å². The van der Waals surface area contributed by atoms with Gasteiger partial charge in [-0.25, -0.2) is 9.97 Å². The summed E-state index contributed by atoms with van der Waals surface area (Å²) in [6.45, 7) is 13.2. The van der Waals surface area contributed by atoms with Crippen molar-refractivity contribution in [1.29, 1.82) is 0 Å². The fraction of sp³-hybridized carbons (Fsp3) is 0.750. The van der Waals surface area contributed by atoms with Gasteiger partial charge in [-0.1, -0.05) is 34.6 Å². The Kier molecular flexibility index (Phi) is 5.37. The number of hydrogen-bond donors (Lipinski definition) is 1. The van der Waals surface area contributed by atoms with Crippen molar-refractivity contribution in [2.24, 2.45) is 5.92 Å². The van der Waals surface area contributed by atoms with Gasteiger partial charge in [-0.3, -0.25) is 0 Å². The van der Waals surface area contributed by atoms with Crippen LogP contribution < -0.4 is 10.2 Å². The third kappa shape index (κ3) is 4.36. The van der Waals surface area contributed by atoms with Crippen LogP contribution in [-0.4, -0.2) is 30.1 Å². The van der Waals surface area contributed by atoms with Gasteiger partial charge in [-0.05, 0) is 19.3 Å². The number of hydrogen-bond acceptors (Lipinski definition) is 4. The van der Waals surface area contributed by atoms with Crippen LogP contribution in [0.2, 0.25) is 0 Å². The van der Waals surface area contributed by atoms with E-state index in [2.05, 4.69) is 63.8 Å². The molecular formula is C16H30N4. The lowest BCUT2D eigenvalue weighted by atomic mass is 9.95. The summed E-state index contributed by atoms with van der Waals surface area (Å²) in [5, 5.41) is 3.14. The van der Waals surface area contributed by atoms with Crippen LogP contribution in [0.1, 0.15) is 53.8 Å². The summed E-state index contributed by atoms with van der Waals surface area (Å²) in [5.74, 6) is 3.43. The zero-order chi connectivity index (χ0) is 15.5. The molecule has 0 spiro atoms. The van der Waals surface area contributed by atoms with E-state index < -0.39 is 0 Å². The average Bonchev–Trinajstić information content (AvgIpc) is 2.35. The SMILES string of the molecule is CNc1cc(N(C)C(C)CC(C)C)nc(C(C)(C)C)n1. The minimum atomic E-state index is -0.0518. The standard InChI is InChI=1S/C16H30N4/c1-11(2)9-12(3)20(8)14-10-13(17-7)18-15(19-14)16(4,5)6/h10-12H,9H2,1-8H3,(H,17,18,19). The fourth-order valence-electron chi connectivity index (χ4n) is 2.14. The van der Waals surface area contributed by atoms with Gasteiger partial charge >= 0.3 is 0 Å². The Balaban J connectivity index is 3.10. The van der Waals surface area contributed by atoms with Crippen LogP contribution in [0, 0.1) is 5.92 Å². The fourth-order valence-corrected chi connectivity index (χ4v) is 2.14. The summed E-state index contributed by atoms with van der Waals surface area (Å²) in [5.41, 5.74) is -0.0518. The molecule has 0 saturated heterocycles. The summed E-state index contributed by atoms with van der Waals surface area (Å²) in [6, 6.07) is 2.48. The van der Waals surface area contributed by atoms with Crippen molar-refractivity contribution >= 4 is 11.6 Å². The van der Waals surface area contributed by atoms with Crippen LogP contribution in [0.5, 0.6) is 0 Å². The van der Waals surface area contributed by atoms with Crippen LogP contribution in [0.4, 0.5) is 11.6 Å². The van der Waals surface area contributed by atoms with Gasteiger partial charge in [0.15, 0.2) is 0 Å². The second-order valence-electron chi connectivity index (χ2n) is 7.02. The molecule has 0 saturated carbocycles. The lowest BCUT2D eigenvalue weighted by Gasteiger charge is -2.29. The predicted octanol–water partition coefficient (Wildman–Crippen LogP) is 3.69. The molecule has 0 aliphatic heterocycles. The van der Waals surface area contributed by atoms with Crippen molar-refractivity contribution in [3.63, 3.8) is 0 Å². The number of anilines is 2. The van der Waals surface area contributed by atoms with E-state index in [1.54, 1.807) is 0 Å². The molecule has 114 valence electrons. The van der Waals surface area contributed by atoms with Crippen molar-refractivity contribution in [1.82, 2.24) is 9.97 Å². The van der Waals surface area contributed by atoms with Gasteiger partial charge in [0.2, 0.25) is 0 Å². The van der Waals surface area contributed by atoms with Crippen LogP contribution in [0.15, 0.2) is 6.07 Å². The summed E-state index contributed by atoms with van der Waals surface area (Å²) in [4.78, 5) is 11.6. The highest BCUT2D eigenvalue weighted by molar-refractivity contribution is 5.49. The molecular weight excluding hydrogens is 248 g/mol. The van der Waals surface area contributed by atoms with E-state index in [4.69, 9.17) is 4.98 Å². The largest absolute Gasteiger partial charge is 0.373 e. The van der Waals surface area contributed by atoms with E-state index >= 15 is 0 Å². The molecule has 4 heteroatoms. The maximum absolute atomic E-state index is 4.76. The molecule has 0 amide bonds. The third-order valence-electron chi connectivity index (χ3n) is 3.47. The highest BCUT2D eigenvalue weighted by atomic mass is 15.2. The van der Waals surface area contributed by atoms with E-state index in [0.29, 0.717) is 12.0 Å². The highest BCUT2D eigenvalue weighted by Crippen LogP contribution is 2.25. The molecule has 1 aromatic rings. The number of nitrogens with one attached hydrogen (secondary N) is 1. The molecule has 0 aliphatic carbocycles. The minimum Gasteiger partial charge on any atom is -0.373 e. The molecule has 0 bridgehead atoms. The smallest absolute Gasteiger partial charge is 0.138 e. The first-order valence-corrected chi connectivity index (χ1v) is 7.45. The average molecular weight is 278 g/mol. The number of rotatable bonds is 5. The first-order valence-electron chi connectivity index (χ1n) is 7.45. The Hall–Kier alpha value is -1.32. The Bertz CT molecular complexity index is 435. The van der Waals surface area contributed by atoms with E-state index in [9.17, 15) is 0 Å². The number of aromatic nitrogens is 2. The lowest BCUT2D eigenvalue weighted by Crippen LogP contribution is -2.32. The Morgan fingerprint density at radius 3 is 2.25 bits per heavy atom. The molecule has 1 aromatic heterocycles. The maximum atomic E-state index is 4.76. The zero-order valence-electron chi connectivity index (χ0n) is 14.3. The topological polar surface area (TPSA) is 41.0 Å². The van der Waals surface area contributed by atoms with Gasteiger partial charge in [0.05, 0.1) is 0 Å². The summed E-state index contributed by atoms with van der Waals surface area (Å²) in [6.07, 6.45) is 1.15. The monoisotopic (exact) mass is 278 g/mol. The molecule has 4 nitrogen and oxygen atoms in total. The molecule has 1 unspecified atom stereocenters. The van der Waals surface area contributed by atoms with E-state index in [1.807, 2.05) is 13.1 Å². The van der Waals surface area contributed by atoms with Gasteiger partial charge in [-0.15, -0.1) is 0 Å². The molecule has 1 N–H and O–H groups in total. The molecule has 0 radical (unpaired) electrons. The minimum absolute atomic E-state index is 0.0518. The number of nitrogens with zero attached hydrogens (tertiary/aromatic N) is 3. The second kappa shape index (κ2) is 6.42. The summed E-state index contributed by atoms with van der Waals surface area (Å²) in [7, 11) is 4.01. The van der Waals surface area contributed by atoms with Gasteiger partial charge in [-0.2, -0.15) is 0 Å². The van der Waals surface area contributed by atoms with Crippen molar-refractivity contribution in [2.45, 2.75) is 59.4 Å². The molecule has 20 heavy (non-hydrogen) atoms. The van der Waals surface area contributed by atoms with Crippen LogP contribution in [-0.2, 0) is 5.41 Å². The van der Waals surface area contributed by atoms with Crippen molar-refractivity contribution in [2.75, 3.05) is 24.3 Å². The summed E-state index contributed by atoms with van der Waals surface area (Å²) >= 11 is 0. The van der Waals surface area contributed by atoms with E-state index in [-0.39, 0.29) is 5.41 Å². The van der Waals surface area contributed by atoms with Gasteiger partial charge < -0.3 is 10.2 Å². The van der Waals surface area contributed by atoms with Gasteiger partial charge in [0.25, 0.3) is 0 Å².